The number of aryl methyl sites for hydroxylation is 1. The predicted molar refractivity (Wildman–Crippen MR) is 174 cm³/mol. The highest BCUT2D eigenvalue weighted by atomic mass is 32.2. The molecular weight excluding hydrogens is 606 g/mol. The van der Waals surface area contributed by atoms with E-state index in [1.165, 1.54) is 36.4 Å². The molecule has 0 aliphatic rings. The van der Waals surface area contributed by atoms with Crippen molar-refractivity contribution in [2.45, 2.75) is 31.1 Å². The molecule has 5 aromatic carbocycles. The molecule has 0 atom stereocenters. The molecule has 10 heteroatoms. The smallest absolute Gasteiger partial charge is 0.339 e. The number of Topliss-reactive ketones (excluding diaryl/α,β-unsaturated/α-hetero) is 1. The number of carbonyl (C=O) groups is 3. The first kappa shape index (κ1) is 31.9. The Labute approximate surface area is 266 Å². The number of carbonyl (C=O) groups excluding carboxylic acids is 3. The van der Waals surface area contributed by atoms with Crippen LogP contribution in [0, 0.1) is 6.92 Å². The number of nitrogens with one attached hydrogen (secondary N) is 1. The lowest BCUT2D eigenvalue weighted by atomic mass is 10.1. The number of amides is 1. The molecule has 5 rings (SSSR count). The Bertz CT molecular complexity index is 1950. The van der Waals surface area contributed by atoms with Gasteiger partial charge in [-0.2, -0.15) is 8.42 Å². The van der Waals surface area contributed by atoms with E-state index in [4.69, 9.17) is 13.7 Å². The van der Waals surface area contributed by atoms with E-state index in [9.17, 15) is 22.8 Å². The van der Waals surface area contributed by atoms with Gasteiger partial charge in [-0.3, -0.25) is 14.4 Å². The van der Waals surface area contributed by atoms with Gasteiger partial charge in [-0.05, 0) is 96.9 Å². The lowest BCUT2D eigenvalue weighted by Crippen LogP contribution is -2.15. The van der Waals surface area contributed by atoms with Crippen LogP contribution in [-0.4, -0.2) is 32.7 Å². The summed E-state index contributed by atoms with van der Waals surface area (Å²) in [5.74, 6) is 0.0312. The van der Waals surface area contributed by atoms with E-state index in [0.29, 0.717) is 17.2 Å². The van der Waals surface area contributed by atoms with Gasteiger partial charge in [0.15, 0.2) is 12.4 Å². The van der Waals surface area contributed by atoms with Gasteiger partial charge in [0.25, 0.3) is 0 Å². The third-order valence-corrected chi connectivity index (χ3v) is 8.20. The monoisotopic (exact) mass is 637 g/mol. The number of hydrogen-bond donors (Lipinski definition) is 1. The van der Waals surface area contributed by atoms with E-state index >= 15 is 0 Å². The van der Waals surface area contributed by atoms with Crippen LogP contribution in [0.2, 0.25) is 0 Å². The molecule has 46 heavy (non-hydrogen) atoms. The van der Waals surface area contributed by atoms with Crippen molar-refractivity contribution in [2.24, 2.45) is 0 Å². The second kappa shape index (κ2) is 14.5. The Hall–Kier alpha value is -5.48. The van der Waals surface area contributed by atoms with Gasteiger partial charge in [-0.15, -0.1) is 0 Å². The van der Waals surface area contributed by atoms with Crippen LogP contribution in [0.15, 0.2) is 120 Å². The highest BCUT2D eigenvalue weighted by Gasteiger charge is 2.17. The summed E-state index contributed by atoms with van der Waals surface area (Å²) in [4.78, 5) is 37.0. The summed E-state index contributed by atoms with van der Waals surface area (Å²) in [6.07, 6.45) is 0.289. The maximum atomic E-state index is 12.5. The van der Waals surface area contributed by atoms with E-state index in [1.54, 1.807) is 36.4 Å². The average Bonchev–Trinajstić information content (AvgIpc) is 3.05. The molecule has 5 aromatic rings. The van der Waals surface area contributed by atoms with Crippen molar-refractivity contribution < 1.29 is 36.5 Å². The minimum atomic E-state index is -4.02. The van der Waals surface area contributed by atoms with Gasteiger partial charge in [0, 0.05) is 24.1 Å². The number of ether oxygens (including phenoxy) is 2. The summed E-state index contributed by atoms with van der Waals surface area (Å²) >= 11 is 0. The van der Waals surface area contributed by atoms with Crippen molar-refractivity contribution in [1.82, 2.24) is 0 Å². The zero-order chi connectivity index (χ0) is 32.5. The van der Waals surface area contributed by atoms with Crippen molar-refractivity contribution in [3.05, 3.63) is 126 Å². The highest BCUT2D eigenvalue weighted by molar-refractivity contribution is 7.87. The van der Waals surface area contributed by atoms with Crippen LogP contribution < -0.4 is 14.2 Å². The first-order valence-electron chi connectivity index (χ1n) is 14.5. The predicted octanol–water partition coefficient (Wildman–Crippen LogP) is 7.24. The van der Waals surface area contributed by atoms with Gasteiger partial charge in [-0.25, -0.2) is 0 Å². The number of esters is 1. The Morgan fingerprint density at radius 1 is 0.696 bits per heavy atom. The largest absolute Gasteiger partial charge is 0.457 e. The summed E-state index contributed by atoms with van der Waals surface area (Å²) in [7, 11) is -4.02. The highest BCUT2D eigenvalue weighted by Crippen LogP contribution is 2.27. The molecule has 0 saturated carbocycles. The van der Waals surface area contributed by atoms with Gasteiger partial charge >= 0.3 is 16.1 Å². The summed E-state index contributed by atoms with van der Waals surface area (Å²) in [6, 6.07) is 32.6. The van der Waals surface area contributed by atoms with Crippen LogP contribution in [0.4, 0.5) is 5.69 Å². The van der Waals surface area contributed by atoms with E-state index in [0.717, 1.165) is 16.3 Å². The summed E-state index contributed by atoms with van der Waals surface area (Å²) in [5, 5.41) is 4.98. The number of rotatable bonds is 13. The van der Waals surface area contributed by atoms with Crippen molar-refractivity contribution in [1.29, 1.82) is 0 Å². The van der Waals surface area contributed by atoms with E-state index in [-0.39, 0.29) is 41.4 Å². The third kappa shape index (κ3) is 8.80. The fourth-order valence-electron chi connectivity index (χ4n) is 4.47. The summed E-state index contributed by atoms with van der Waals surface area (Å²) in [5.41, 5.74) is 1.73. The number of anilines is 1. The molecule has 9 nitrogen and oxygen atoms in total. The molecule has 0 bridgehead atoms. The van der Waals surface area contributed by atoms with Gasteiger partial charge in [0.1, 0.15) is 22.1 Å². The fraction of sp³-hybridized carbons (Fsp3) is 0.139. The zero-order valence-corrected chi connectivity index (χ0v) is 25.8. The first-order valence-corrected chi connectivity index (χ1v) is 15.9. The van der Waals surface area contributed by atoms with Gasteiger partial charge in [0.2, 0.25) is 5.91 Å². The topological polar surface area (TPSA) is 125 Å². The standard InChI is InChI=1S/C36H31NO8S/c1-25-9-21-33(22-10-25)46(41,42)45-31-16-12-27(13-17-31)34(38)24-43-36(40)8-4-7-35(39)37-29-14-19-30(20-15-29)44-32-18-11-26-5-2-3-6-28(26)23-32/h2-3,5-6,9-23H,4,7-8,24H2,1H3,(H,37,39). The molecule has 0 heterocycles. The summed E-state index contributed by atoms with van der Waals surface area (Å²) in [6.45, 7) is 1.36. The molecule has 0 saturated heterocycles. The van der Waals surface area contributed by atoms with Gasteiger partial charge < -0.3 is 19.0 Å². The second-order valence-electron chi connectivity index (χ2n) is 10.5. The van der Waals surface area contributed by atoms with Crippen LogP contribution in [-0.2, 0) is 24.4 Å². The minimum Gasteiger partial charge on any atom is -0.457 e. The molecule has 0 aliphatic heterocycles. The van der Waals surface area contributed by atoms with E-state index < -0.39 is 28.5 Å². The van der Waals surface area contributed by atoms with Crippen molar-refractivity contribution >= 4 is 44.2 Å². The second-order valence-corrected chi connectivity index (χ2v) is 12.0. The van der Waals surface area contributed by atoms with Crippen LogP contribution >= 0.6 is 0 Å². The number of fused-ring (bicyclic) bond motifs is 1. The third-order valence-electron chi connectivity index (χ3n) is 6.94. The SMILES string of the molecule is Cc1ccc(S(=O)(=O)Oc2ccc(C(=O)COC(=O)CCCC(=O)Nc3ccc(Oc4ccc5ccccc5c4)cc3)cc2)cc1. The van der Waals surface area contributed by atoms with Crippen molar-refractivity contribution in [3.63, 3.8) is 0 Å². The molecule has 0 unspecified atom stereocenters. The average molecular weight is 638 g/mol. The molecule has 1 N–H and O–H groups in total. The Balaban J connectivity index is 1.00. The van der Waals surface area contributed by atoms with E-state index in [1.807, 2.05) is 49.4 Å². The molecule has 0 aliphatic carbocycles. The molecular formula is C36H31NO8S. The Kier molecular flexibility index (Phi) is 10.1. The maximum absolute atomic E-state index is 12.5. The van der Waals surface area contributed by atoms with Gasteiger partial charge in [-0.1, -0.05) is 48.0 Å². The lowest BCUT2D eigenvalue weighted by molar-refractivity contribution is -0.142. The zero-order valence-electron chi connectivity index (χ0n) is 25.0. The minimum absolute atomic E-state index is 0.0139. The molecule has 0 radical (unpaired) electrons. The Morgan fingerprint density at radius 2 is 1.35 bits per heavy atom. The summed E-state index contributed by atoms with van der Waals surface area (Å²) < 4.78 is 41.0. The number of benzene rings is 5. The van der Waals surface area contributed by atoms with Crippen molar-refractivity contribution in [2.75, 3.05) is 11.9 Å². The van der Waals surface area contributed by atoms with Crippen LogP contribution in [0.25, 0.3) is 10.8 Å². The quantitative estimate of drug-likeness (QED) is 0.0814. The van der Waals surface area contributed by atoms with Crippen LogP contribution in [0.1, 0.15) is 35.2 Å². The number of ketones is 1. The van der Waals surface area contributed by atoms with Crippen LogP contribution in [0.5, 0.6) is 17.2 Å². The van der Waals surface area contributed by atoms with Crippen molar-refractivity contribution in [3.8, 4) is 17.2 Å². The molecule has 1 amide bonds. The molecule has 0 fully saturated rings. The first-order chi connectivity index (χ1) is 22.1. The van der Waals surface area contributed by atoms with Gasteiger partial charge in [0.05, 0.1) is 0 Å². The molecule has 234 valence electrons. The maximum Gasteiger partial charge on any atom is 0.339 e. The lowest BCUT2D eigenvalue weighted by Gasteiger charge is -2.09. The van der Waals surface area contributed by atoms with E-state index in [2.05, 4.69) is 5.32 Å². The normalized spacial score (nSPS) is 11.1. The molecule has 0 aromatic heterocycles. The number of hydrogen-bond acceptors (Lipinski definition) is 8. The molecule has 0 spiro atoms. The fourth-order valence-corrected chi connectivity index (χ4v) is 5.40. The van der Waals surface area contributed by atoms with Crippen LogP contribution in [0.3, 0.4) is 0 Å². The Morgan fingerprint density at radius 3 is 2.07 bits per heavy atom.